The topological polar surface area (TPSA) is 96.5 Å². The first-order valence-corrected chi connectivity index (χ1v) is 11.9. The molecule has 1 aliphatic rings. The number of hydrogen-bond donors (Lipinski definition) is 1. The van der Waals surface area contributed by atoms with Crippen molar-refractivity contribution in [2.45, 2.75) is 64.7 Å². The van der Waals surface area contributed by atoms with E-state index in [-0.39, 0.29) is 24.9 Å². The molecule has 0 atom stereocenters. The molecule has 1 saturated heterocycles. The highest BCUT2D eigenvalue weighted by Crippen LogP contribution is 2.32. The van der Waals surface area contributed by atoms with Crippen molar-refractivity contribution >= 4 is 22.8 Å². The van der Waals surface area contributed by atoms with Gasteiger partial charge < -0.3 is 19.5 Å². The SMILES string of the molecule is CCN1CCC(C(=O)NC(C)(C)C)(N(Cc2ccco2)C(=O)Cn2nnc3ccccc32)CC1. The molecule has 9 nitrogen and oxygen atoms in total. The van der Waals surface area contributed by atoms with Gasteiger partial charge in [-0.3, -0.25) is 9.59 Å². The highest BCUT2D eigenvalue weighted by atomic mass is 16.3. The summed E-state index contributed by atoms with van der Waals surface area (Å²) in [6.45, 7) is 10.6. The molecule has 0 aliphatic carbocycles. The zero-order valence-corrected chi connectivity index (χ0v) is 20.5. The number of aromatic nitrogens is 3. The van der Waals surface area contributed by atoms with E-state index in [0.717, 1.165) is 30.7 Å². The zero-order chi connectivity index (χ0) is 24.3. The quantitative estimate of drug-likeness (QED) is 0.575. The van der Waals surface area contributed by atoms with Crippen LogP contribution in [0.15, 0.2) is 47.1 Å². The lowest BCUT2D eigenvalue weighted by molar-refractivity contribution is -0.154. The number of carbonyl (C=O) groups is 2. The van der Waals surface area contributed by atoms with Crippen LogP contribution in [0.5, 0.6) is 0 Å². The Hall–Kier alpha value is -3.20. The lowest BCUT2D eigenvalue weighted by Crippen LogP contribution is -2.66. The second-order valence-corrected chi connectivity index (χ2v) is 9.97. The van der Waals surface area contributed by atoms with E-state index in [1.165, 1.54) is 0 Å². The van der Waals surface area contributed by atoms with Gasteiger partial charge in [0.05, 0.1) is 18.3 Å². The summed E-state index contributed by atoms with van der Waals surface area (Å²) in [4.78, 5) is 31.8. The molecule has 9 heteroatoms. The maximum Gasteiger partial charge on any atom is 0.246 e. The molecule has 0 radical (unpaired) electrons. The maximum atomic E-state index is 13.9. The number of amides is 2. The van der Waals surface area contributed by atoms with Crippen LogP contribution in [0.1, 0.15) is 46.3 Å². The Labute approximate surface area is 200 Å². The maximum absolute atomic E-state index is 13.9. The summed E-state index contributed by atoms with van der Waals surface area (Å²) in [5, 5.41) is 11.5. The fourth-order valence-corrected chi connectivity index (χ4v) is 4.60. The summed E-state index contributed by atoms with van der Waals surface area (Å²) >= 11 is 0. The van der Waals surface area contributed by atoms with Crippen molar-refractivity contribution in [3.63, 3.8) is 0 Å². The Kier molecular flexibility index (Phi) is 6.74. The molecule has 0 spiro atoms. The van der Waals surface area contributed by atoms with Gasteiger partial charge in [0, 0.05) is 18.6 Å². The third-order valence-corrected chi connectivity index (χ3v) is 6.46. The van der Waals surface area contributed by atoms with Crippen LogP contribution in [0.2, 0.25) is 0 Å². The molecule has 182 valence electrons. The van der Waals surface area contributed by atoms with Crippen molar-refractivity contribution in [2.75, 3.05) is 19.6 Å². The van der Waals surface area contributed by atoms with Gasteiger partial charge in [-0.15, -0.1) is 5.10 Å². The molecule has 34 heavy (non-hydrogen) atoms. The van der Waals surface area contributed by atoms with Crippen LogP contribution in [0, 0.1) is 0 Å². The molecule has 3 aromatic rings. The monoisotopic (exact) mass is 466 g/mol. The molecule has 0 unspecified atom stereocenters. The van der Waals surface area contributed by atoms with Crippen molar-refractivity contribution in [2.24, 2.45) is 0 Å². The van der Waals surface area contributed by atoms with E-state index < -0.39 is 11.1 Å². The van der Waals surface area contributed by atoms with Gasteiger partial charge >= 0.3 is 0 Å². The van der Waals surface area contributed by atoms with Crippen LogP contribution in [-0.4, -0.2) is 67.3 Å². The minimum Gasteiger partial charge on any atom is -0.467 e. The van der Waals surface area contributed by atoms with Crippen molar-refractivity contribution in [3.05, 3.63) is 48.4 Å². The highest BCUT2D eigenvalue weighted by molar-refractivity contribution is 5.92. The van der Waals surface area contributed by atoms with E-state index in [1.807, 2.05) is 51.1 Å². The van der Waals surface area contributed by atoms with Gasteiger partial charge in [0.1, 0.15) is 23.4 Å². The lowest BCUT2D eigenvalue weighted by atomic mass is 9.83. The number of carbonyl (C=O) groups excluding carboxylic acids is 2. The number of nitrogens with zero attached hydrogens (tertiary/aromatic N) is 5. The Morgan fingerprint density at radius 2 is 1.88 bits per heavy atom. The van der Waals surface area contributed by atoms with E-state index in [2.05, 4.69) is 27.5 Å². The first-order chi connectivity index (χ1) is 16.2. The van der Waals surface area contributed by atoms with Crippen LogP contribution in [-0.2, 0) is 22.7 Å². The molecule has 4 rings (SSSR count). The Balaban J connectivity index is 1.71. The van der Waals surface area contributed by atoms with Crippen molar-refractivity contribution in [1.29, 1.82) is 0 Å². The molecular weight excluding hydrogens is 432 g/mol. The molecule has 1 aromatic carbocycles. The van der Waals surface area contributed by atoms with E-state index in [1.54, 1.807) is 21.9 Å². The van der Waals surface area contributed by atoms with Gasteiger partial charge in [-0.1, -0.05) is 24.3 Å². The third kappa shape index (κ3) is 4.99. The summed E-state index contributed by atoms with van der Waals surface area (Å²) in [6, 6.07) is 11.2. The van der Waals surface area contributed by atoms with Crippen LogP contribution in [0.3, 0.4) is 0 Å². The van der Waals surface area contributed by atoms with Crippen LogP contribution in [0.25, 0.3) is 11.0 Å². The van der Waals surface area contributed by atoms with Gasteiger partial charge in [-0.25, -0.2) is 4.68 Å². The largest absolute Gasteiger partial charge is 0.467 e. The number of para-hydroxylation sites is 1. The summed E-state index contributed by atoms with van der Waals surface area (Å²) < 4.78 is 7.21. The van der Waals surface area contributed by atoms with Crippen LogP contribution < -0.4 is 5.32 Å². The van der Waals surface area contributed by atoms with E-state index in [9.17, 15) is 9.59 Å². The minimum atomic E-state index is -0.987. The molecular formula is C25H34N6O3. The number of benzene rings is 1. The lowest BCUT2D eigenvalue weighted by Gasteiger charge is -2.48. The number of piperidine rings is 1. The minimum absolute atomic E-state index is 0.0107. The van der Waals surface area contributed by atoms with Crippen molar-refractivity contribution in [1.82, 2.24) is 30.1 Å². The van der Waals surface area contributed by atoms with Gasteiger partial charge in [-0.2, -0.15) is 0 Å². The zero-order valence-electron chi connectivity index (χ0n) is 20.5. The van der Waals surface area contributed by atoms with Crippen LogP contribution in [0.4, 0.5) is 0 Å². The number of rotatable bonds is 7. The number of likely N-dealkylation sites (tertiary alicyclic amines) is 1. The number of nitrogens with one attached hydrogen (secondary N) is 1. The summed E-state index contributed by atoms with van der Waals surface area (Å²) in [5.74, 6) is 0.317. The molecule has 2 amide bonds. The van der Waals surface area contributed by atoms with E-state index >= 15 is 0 Å². The summed E-state index contributed by atoms with van der Waals surface area (Å²) in [7, 11) is 0. The average molecular weight is 467 g/mol. The van der Waals surface area contributed by atoms with Crippen LogP contribution >= 0.6 is 0 Å². The standard InChI is InChI=1S/C25H34N6O3/c1-5-29-14-12-25(13-15-29,23(33)26-24(2,3)4)30(17-19-9-8-16-34-19)22(32)18-31-21-11-7-6-10-20(21)27-28-31/h6-11,16H,5,12-15,17-18H2,1-4H3,(H,26,33). The summed E-state index contributed by atoms with van der Waals surface area (Å²) in [6.07, 6.45) is 2.69. The van der Waals surface area contributed by atoms with E-state index in [4.69, 9.17) is 4.42 Å². The van der Waals surface area contributed by atoms with Crippen molar-refractivity contribution < 1.29 is 14.0 Å². The predicted octanol–water partition coefficient (Wildman–Crippen LogP) is 2.82. The Morgan fingerprint density at radius 3 is 2.53 bits per heavy atom. The Bertz CT molecular complexity index is 1120. The third-order valence-electron chi connectivity index (χ3n) is 6.46. The number of fused-ring (bicyclic) bond motifs is 1. The molecule has 2 aromatic heterocycles. The van der Waals surface area contributed by atoms with Crippen molar-refractivity contribution in [3.8, 4) is 0 Å². The fraction of sp³-hybridized carbons (Fsp3) is 0.520. The first kappa shape index (κ1) is 23.9. The van der Waals surface area contributed by atoms with Gasteiger partial charge in [-0.05, 0) is 64.4 Å². The molecule has 0 saturated carbocycles. The first-order valence-electron chi connectivity index (χ1n) is 11.9. The van der Waals surface area contributed by atoms with Gasteiger partial charge in [0.15, 0.2) is 0 Å². The van der Waals surface area contributed by atoms with E-state index in [0.29, 0.717) is 18.6 Å². The molecule has 1 aliphatic heterocycles. The fourth-order valence-electron chi connectivity index (χ4n) is 4.60. The number of furan rings is 1. The average Bonchev–Trinajstić information content (AvgIpc) is 3.46. The molecule has 3 heterocycles. The van der Waals surface area contributed by atoms with Gasteiger partial charge in [0.25, 0.3) is 0 Å². The second-order valence-electron chi connectivity index (χ2n) is 9.97. The Morgan fingerprint density at radius 1 is 1.15 bits per heavy atom. The summed E-state index contributed by atoms with van der Waals surface area (Å²) in [5.41, 5.74) is 0.0966. The normalized spacial score (nSPS) is 16.5. The van der Waals surface area contributed by atoms with Gasteiger partial charge in [0.2, 0.25) is 11.8 Å². The smallest absolute Gasteiger partial charge is 0.246 e. The second kappa shape index (κ2) is 9.58. The molecule has 1 N–H and O–H groups in total. The highest BCUT2D eigenvalue weighted by Gasteiger charge is 2.49. The molecule has 1 fully saturated rings. The molecule has 0 bridgehead atoms. The predicted molar refractivity (Wildman–Crippen MR) is 129 cm³/mol. The number of hydrogen-bond acceptors (Lipinski definition) is 6.